The van der Waals surface area contributed by atoms with Crippen molar-refractivity contribution in [2.45, 2.75) is 50.7 Å². The molecule has 1 aliphatic carbocycles. The van der Waals surface area contributed by atoms with E-state index in [0.717, 1.165) is 12.8 Å². The molecule has 2 heteroatoms. The third-order valence-corrected chi connectivity index (χ3v) is 2.66. The van der Waals surface area contributed by atoms with Crippen molar-refractivity contribution in [3.05, 3.63) is 0 Å². The van der Waals surface area contributed by atoms with Gasteiger partial charge in [-0.15, -0.1) is 0 Å². The molecular weight excluding hydrogens is 128 g/mol. The molecule has 2 atom stereocenters. The second kappa shape index (κ2) is 2.51. The van der Waals surface area contributed by atoms with E-state index in [-0.39, 0.29) is 0 Å². The molecule has 1 heterocycles. The van der Waals surface area contributed by atoms with Crippen molar-refractivity contribution in [1.29, 1.82) is 0 Å². The van der Waals surface area contributed by atoms with E-state index in [0.29, 0.717) is 12.2 Å². The summed E-state index contributed by atoms with van der Waals surface area (Å²) in [5.41, 5.74) is 0. The second-order valence-corrected chi connectivity index (χ2v) is 3.40. The van der Waals surface area contributed by atoms with Crippen LogP contribution in [0.5, 0.6) is 0 Å². The normalized spacial score (nSPS) is 41.7. The van der Waals surface area contributed by atoms with Crippen LogP contribution in [0.1, 0.15) is 38.5 Å². The first-order chi connectivity index (χ1) is 4.89. The summed E-state index contributed by atoms with van der Waals surface area (Å²) in [6, 6.07) is 0. The third kappa shape index (κ3) is 1.06. The minimum absolute atomic E-state index is 0.347. The van der Waals surface area contributed by atoms with Crippen molar-refractivity contribution in [2.24, 2.45) is 0 Å². The Morgan fingerprint density at radius 1 is 0.900 bits per heavy atom. The Bertz CT molecular complexity index is 110. The van der Waals surface area contributed by atoms with Crippen LogP contribution in [0.25, 0.3) is 0 Å². The van der Waals surface area contributed by atoms with Crippen molar-refractivity contribution in [3.63, 3.8) is 0 Å². The Hall–Kier alpha value is -0.0800. The smallest absolute Gasteiger partial charge is 0.234 e. The van der Waals surface area contributed by atoms with Crippen molar-refractivity contribution in [3.8, 4) is 0 Å². The molecule has 10 heavy (non-hydrogen) atoms. The van der Waals surface area contributed by atoms with Gasteiger partial charge >= 0.3 is 0 Å². The lowest BCUT2D eigenvalue weighted by Crippen LogP contribution is -2.07. The van der Waals surface area contributed by atoms with Crippen LogP contribution in [0.2, 0.25) is 0 Å². The highest BCUT2D eigenvalue weighted by Crippen LogP contribution is 2.38. The maximum Gasteiger partial charge on any atom is 0.234 e. The van der Waals surface area contributed by atoms with E-state index in [2.05, 4.69) is 0 Å². The zero-order valence-corrected chi connectivity index (χ0v) is 6.21. The van der Waals surface area contributed by atoms with E-state index in [1.807, 2.05) is 4.52 Å². The van der Waals surface area contributed by atoms with Crippen molar-refractivity contribution < 1.29 is 9.78 Å². The molecule has 1 saturated heterocycles. The molecule has 2 fully saturated rings. The molecule has 0 spiro atoms. The van der Waals surface area contributed by atoms with Gasteiger partial charge in [0.1, 0.15) is 0 Å². The van der Waals surface area contributed by atoms with Crippen LogP contribution in [0.4, 0.5) is 0 Å². The summed E-state index contributed by atoms with van der Waals surface area (Å²) in [6.07, 6.45) is 8.12. The Labute approximate surface area is 61.4 Å². The minimum atomic E-state index is 0.347. The topological polar surface area (TPSA) is 25.8 Å². The van der Waals surface area contributed by atoms with Crippen LogP contribution in [-0.4, -0.2) is 12.2 Å². The highest BCUT2D eigenvalue weighted by Gasteiger charge is 2.52. The van der Waals surface area contributed by atoms with Gasteiger partial charge in [-0.25, -0.2) is 0 Å². The monoisotopic (exact) mass is 142 g/mol. The zero-order chi connectivity index (χ0) is 6.97. The van der Waals surface area contributed by atoms with Crippen molar-refractivity contribution in [2.75, 3.05) is 0 Å². The first-order valence-electron chi connectivity index (χ1n) is 4.29. The summed E-state index contributed by atoms with van der Waals surface area (Å²) in [5, 5.41) is 10.9. The van der Waals surface area contributed by atoms with Gasteiger partial charge in [-0.1, -0.05) is 12.8 Å². The van der Waals surface area contributed by atoms with Gasteiger partial charge in [-0.05, 0) is 12.8 Å². The quantitative estimate of drug-likeness (QED) is 0.280. The molecule has 58 valence electrons. The molecule has 0 amide bonds. The molecule has 2 nitrogen and oxygen atoms in total. The number of rotatable bonds is 0. The van der Waals surface area contributed by atoms with E-state index < -0.39 is 0 Å². The van der Waals surface area contributed by atoms with Gasteiger partial charge in [0, 0.05) is 12.8 Å². The highest BCUT2D eigenvalue weighted by molar-refractivity contribution is 4.87. The summed E-state index contributed by atoms with van der Waals surface area (Å²) >= 11 is 0. The van der Waals surface area contributed by atoms with Crippen molar-refractivity contribution in [1.82, 2.24) is 0 Å². The zero-order valence-electron chi connectivity index (χ0n) is 6.21. The van der Waals surface area contributed by atoms with E-state index in [1.165, 1.54) is 25.7 Å². The maximum absolute atomic E-state index is 10.9. The number of epoxide rings is 1. The number of hydrogen-bond acceptors (Lipinski definition) is 1. The molecule has 0 bridgehead atoms. The first-order valence-corrected chi connectivity index (χ1v) is 4.29. The first kappa shape index (κ1) is 6.62. The molecule has 1 saturated carbocycles. The van der Waals surface area contributed by atoms with Crippen LogP contribution in [0, 0.1) is 0 Å². The standard InChI is InChI=1S/C8H14O2/c9-10-7-5-3-1-2-4-6-8(7)10/h7-8H,1-6H2/t7-,8+. The molecule has 2 rings (SSSR count). The molecule has 0 aromatic carbocycles. The number of hydrogen-bond donors (Lipinski definition) is 0. The minimum Gasteiger partial charge on any atom is -0.533 e. The maximum atomic E-state index is 10.9. The van der Waals surface area contributed by atoms with Crippen LogP contribution >= 0.6 is 0 Å². The van der Waals surface area contributed by atoms with Gasteiger partial charge in [0.2, 0.25) is 12.2 Å². The molecule has 0 radical (unpaired) electrons. The van der Waals surface area contributed by atoms with Gasteiger partial charge in [-0.2, -0.15) is 0 Å². The lowest BCUT2D eigenvalue weighted by molar-refractivity contribution is -0.743. The van der Waals surface area contributed by atoms with E-state index in [1.54, 1.807) is 0 Å². The summed E-state index contributed by atoms with van der Waals surface area (Å²) in [7, 11) is 0. The number of fused-ring (bicyclic) bond motifs is 1. The summed E-state index contributed by atoms with van der Waals surface area (Å²) in [6.45, 7) is 0. The lowest BCUT2D eigenvalue weighted by Gasteiger charge is -1.98. The average molecular weight is 142 g/mol. The van der Waals surface area contributed by atoms with Crippen LogP contribution in [-0.2, 0) is 4.52 Å². The summed E-state index contributed by atoms with van der Waals surface area (Å²) < 4.78 is 2.02. The van der Waals surface area contributed by atoms with Gasteiger partial charge < -0.3 is 9.78 Å². The van der Waals surface area contributed by atoms with E-state index >= 15 is 0 Å². The fourth-order valence-electron chi connectivity index (χ4n) is 1.93. The predicted molar refractivity (Wildman–Crippen MR) is 36.4 cm³/mol. The SMILES string of the molecule is [O-][O+]1[C@@H]2CCCCCC[C@@H]21. The van der Waals surface area contributed by atoms with Gasteiger partial charge in [0.15, 0.2) is 0 Å². The molecule has 0 aromatic heterocycles. The van der Waals surface area contributed by atoms with Crippen molar-refractivity contribution >= 4 is 0 Å². The molecule has 0 N–H and O–H groups in total. The van der Waals surface area contributed by atoms with Gasteiger partial charge in [0.25, 0.3) is 0 Å². The Balaban J connectivity index is 1.86. The molecule has 2 aliphatic rings. The average Bonchev–Trinajstić information content (AvgIpc) is 2.39. The highest BCUT2D eigenvalue weighted by atomic mass is 17.3. The fraction of sp³-hybridized carbons (Fsp3) is 1.00. The largest absolute Gasteiger partial charge is 0.533 e. The molecule has 0 unspecified atom stereocenters. The fourth-order valence-corrected chi connectivity index (χ4v) is 1.93. The van der Waals surface area contributed by atoms with Gasteiger partial charge in [-0.3, -0.25) is 0 Å². The second-order valence-electron chi connectivity index (χ2n) is 3.40. The Kier molecular flexibility index (Phi) is 1.66. The van der Waals surface area contributed by atoms with E-state index in [9.17, 15) is 5.26 Å². The lowest BCUT2D eigenvalue weighted by atomic mass is 10.0. The Morgan fingerprint density at radius 2 is 1.40 bits per heavy atom. The molecule has 1 aliphatic heterocycles. The molecular formula is C8H14O2. The predicted octanol–water partition coefficient (Wildman–Crippen LogP) is 0.919. The van der Waals surface area contributed by atoms with Crippen LogP contribution in [0.3, 0.4) is 0 Å². The summed E-state index contributed by atoms with van der Waals surface area (Å²) in [5.74, 6) is 0. The van der Waals surface area contributed by atoms with Crippen LogP contribution < -0.4 is 5.26 Å². The van der Waals surface area contributed by atoms with Gasteiger partial charge in [0.05, 0.1) is 0 Å². The van der Waals surface area contributed by atoms with Crippen LogP contribution in [0.15, 0.2) is 0 Å². The van der Waals surface area contributed by atoms with E-state index in [4.69, 9.17) is 0 Å². The summed E-state index contributed by atoms with van der Waals surface area (Å²) in [4.78, 5) is 0. The molecule has 0 aromatic rings. The Morgan fingerprint density at radius 3 is 1.90 bits per heavy atom. The third-order valence-electron chi connectivity index (χ3n) is 2.66.